The summed E-state index contributed by atoms with van der Waals surface area (Å²) in [7, 11) is 0. The molecule has 1 aromatic carbocycles. The second-order valence-corrected chi connectivity index (χ2v) is 5.25. The maximum atomic E-state index is 5.24. The molecule has 0 bridgehead atoms. The minimum atomic E-state index is 0.605. The summed E-state index contributed by atoms with van der Waals surface area (Å²) in [4.78, 5) is 4.26. The van der Waals surface area contributed by atoms with E-state index in [0.29, 0.717) is 5.11 Å². The van der Waals surface area contributed by atoms with Crippen LogP contribution in [-0.4, -0.2) is 16.6 Å². The highest BCUT2D eigenvalue weighted by atomic mass is 32.1. The van der Waals surface area contributed by atoms with E-state index in [-0.39, 0.29) is 0 Å². The maximum Gasteiger partial charge on any atom is 0.171 e. The van der Waals surface area contributed by atoms with Crippen molar-refractivity contribution in [3.8, 4) is 0 Å². The molecule has 1 aromatic heterocycles. The second kappa shape index (κ2) is 7.01. The van der Waals surface area contributed by atoms with Crippen molar-refractivity contribution in [1.82, 2.24) is 10.3 Å². The number of aromatic nitrogens is 1. The molecule has 0 spiro atoms. The van der Waals surface area contributed by atoms with Gasteiger partial charge in [0.05, 0.1) is 0 Å². The predicted molar refractivity (Wildman–Crippen MR) is 88.1 cm³/mol. The van der Waals surface area contributed by atoms with Gasteiger partial charge in [-0.15, -0.1) is 0 Å². The van der Waals surface area contributed by atoms with Crippen LogP contribution >= 0.6 is 12.2 Å². The van der Waals surface area contributed by atoms with E-state index < -0.39 is 0 Å². The van der Waals surface area contributed by atoms with E-state index in [0.717, 1.165) is 24.3 Å². The molecule has 0 atom stereocenters. The summed E-state index contributed by atoms with van der Waals surface area (Å²) in [6.45, 7) is 4.91. The Morgan fingerprint density at radius 1 is 1.05 bits per heavy atom. The van der Waals surface area contributed by atoms with Crippen LogP contribution in [-0.2, 0) is 6.42 Å². The smallest absolute Gasteiger partial charge is 0.171 e. The number of anilines is 1. The van der Waals surface area contributed by atoms with E-state index in [2.05, 4.69) is 46.8 Å². The van der Waals surface area contributed by atoms with Crippen molar-refractivity contribution in [3.63, 3.8) is 0 Å². The predicted octanol–water partition coefficient (Wildman–Crippen LogP) is 3.23. The number of benzene rings is 1. The molecule has 0 saturated heterocycles. The molecule has 104 valence electrons. The van der Waals surface area contributed by atoms with Gasteiger partial charge in [0.15, 0.2) is 5.11 Å². The number of hydrogen-bond acceptors (Lipinski definition) is 2. The lowest BCUT2D eigenvalue weighted by Crippen LogP contribution is -2.30. The molecule has 0 radical (unpaired) electrons. The van der Waals surface area contributed by atoms with Crippen molar-refractivity contribution in [3.05, 3.63) is 59.3 Å². The molecular formula is C16H19N3S. The molecule has 0 aliphatic rings. The Labute approximate surface area is 125 Å². The molecule has 20 heavy (non-hydrogen) atoms. The van der Waals surface area contributed by atoms with Gasteiger partial charge in [-0.1, -0.05) is 35.9 Å². The van der Waals surface area contributed by atoms with E-state index >= 15 is 0 Å². The van der Waals surface area contributed by atoms with Crippen LogP contribution in [0.25, 0.3) is 0 Å². The van der Waals surface area contributed by atoms with Gasteiger partial charge >= 0.3 is 0 Å². The first-order valence-electron chi connectivity index (χ1n) is 6.66. The van der Waals surface area contributed by atoms with Crippen LogP contribution in [0, 0.1) is 13.8 Å². The van der Waals surface area contributed by atoms with Gasteiger partial charge in [0.1, 0.15) is 5.82 Å². The summed E-state index contributed by atoms with van der Waals surface area (Å²) in [6.07, 6.45) is 2.76. The third-order valence-electron chi connectivity index (χ3n) is 2.97. The van der Waals surface area contributed by atoms with Gasteiger partial charge in [-0.2, -0.15) is 0 Å². The lowest BCUT2D eigenvalue weighted by molar-refractivity contribution is 0.872. The van der Waals surface area contributed by atoms with Crippen LogP contribution < -0.4 is 10.6 Å². The largest absolute Gasteiger partial charge is 0.362 e. The Morgan fingerprint density at radius 2 is 1.75 bits per heavy atom. The summed E-state index contributed by atoms with van der Waals surface area (Å²) in [5, 5.41) is 6.87. The summed E-state index contributed by atoms with van der Waals surface area (Å²) in [5.74, 6) is 0.767. The van der Waals surface area contributed by atoms with Crippen molar-refractivity contribution in [2.45, 2.75) is 20.3 Å². The molecule has 0 fully saturated rings. The van der Waals surface area contributed by atoms with E-state index in [1.807, 2.05) is 25.3 Å². The fourth-order valence-corrected chi connectivity index (χ4v) is 1.98. The highest BCUT2D eigenvalue weighted by Gasteiger charge is 1.98. The molecule has 2 rings (SSSR count). The van der Waals surface area contributed by atoms with Gasteiger partial charge in [-0.25, -0.2) is 4.98 Å². The molecule has 3 nitrogen and oxygen atoms in total. The normalized spacial score (nSPS) is 10.1. The van der Waals surface area contributed by atoms with E-state index in [1.165, 1.54) is 11.1 Å². The van der Waals surface area contributed by atoms with Gasteiger partial charge < -0.3 is 10.6 Å². The molecule has 0 aliphatic carbocycles. The van der Waals surface area contributed by atoms with Crippen LogP contribution in [0.15, 0.2) is 42.6 Å². The zero-order valence-electron chi connectivity index (χ0n) is 11.8. The zero-order chi connectivity index (χ0) is 14.4. The monoisotopic (exact) mass is 285 g/mol. The van der Waals surface area contributed by atoms with Crippen molar-refractivity contribution >= 4 is 23.1 Å². The fraction of sp³-hybridized carbons (Fsp3) is 0.250. The first-order valence-corrected chi connectivity index (χ1v) is 7.07. The molecule has 2 N–H and O–H groups in total. The number of nitrogens with zero attached hydrogens (tertiary/aromatic N) is 1. The van der Waals surface area contributed by atoms with Gasteiger partial charge in [-0.05, 0) is 49.7 Å². The first-order chi connectivity index (χ1) is 9.63. The minimum absolute atomic E-state index is 0.605. The Hall–Kier alpha value is -1.94. The van der Waals surface area contributed by atoms with Crippen LogP contribution in [0.1, 0.15) is 16.7 Å². The Kier molecular flexibility index (Phi) is 5.07. The maximum absolute atomic E-state index is 5.24. The van der Waals surface area contributed by atoms with Gasteiger partial charge in [0.25, 0.3) is 0 Å². The highest BCUT2D eigenvalue weighted by Crippen LogP contribution is 2.04. The third kappa shape index (κ3) is 4.63. The number of aryl methyl sites for hydroxylation is 2. The molecule has 1 heterocycles. The Balaban J connectivity index is 1.75. The average molecular weight is 285 g/mol. The molecule has 0 aliphatic heterocycles. The SMILES string of the molecule is Cc1ccc(CCNC(=S)Nc2ccc(C)cn2)cc1. The van der Waals surface area contributed by atoms with E-state index in [1.54, 1.807) is 0 Å². The lowest BCUT2D eigenvalue weighted by atomic mass is 10.1. The number of pyridine rings is 1. The summed E-state index contributed by atoms with van der Waals surface area (Å²) < 4.78 is 0. The second-order valence-electron chi connectivity index (χ2n) is 4.84. The standard InChI is InChI=1S/C16H19N3S/c1-12-3-6-14(7-4-12)9-10-17-16(20)19-15-8-5-13(2)11-18-15/h3-8,11H,9-10H2,1-2H3,(H2,17,18,19,20). The lowest BCUT2D eigenvalue weighted by Gasteiger charge is -2.10. The van der Waals surface area contributed by atoms with Crippen LogP contribution in [0.4, 0.5) is 5.82 Å². The van der Waals surface area contributed by atoms with Crippen LogP contribution in [0.2, 0.25) is 0 Å². The Bertz CT molecular complexity index is 561. The molecule has 0 amide bonds. The molecule has 4 heteroatoms. The number of thiocarbonyl (C=S) groups is 1. The number of hydrogen-bond donors (Lipinski definition) is 2. The average Bonchev–Trinajstić information content (AvgIpc) is 2.44. The minimum Gasteiger partial charge on any atom is -0.362 e. The third-order valence-corrected chi connectivity index (χ3v) is 3.22. The van der Waals surface area contributed by atoms with Crippen molar-refractivity contribution < 1.29 is 0 Å². The van der Waals surface area contributed by atoms with E-state index in [4.69, 9.17) is 12.2 Å². The number of nitrogens with one attached hydrogen (secondary N) is 2. The quantitative estimate of drug-likeness (QED) is 0.846. The van der Waals surface area contributed by atoms with Crippen LogP contribution in [0.5, 0.6) is 0 Å². The number of rotatable bonds is 4. The van der Waals surface area contributed by atoms with Gasteiger partial charge in [-0.3, -0.25) is 0 Å². The fourth-order valence-electron chi connectivity index (χ4n) is 1.78. The summed E-state index contributed by atoms with van der Waals surface area (Å²) >= 11 is 5.24. The molecule has 0 unspecified atom stereocenters. The summed E-state index contributed by atoms with van der Waals surface area (Å²) in [6, 6.07) is 12.5. The molecular weight excluding hydrogens is 266 g/mol. The van der Waals surface area contributed by atoms with Crippen molar-refractivity contribution in [2.75, 3.05) is 11.9 Å². The van der Waals surface area contributed by atoms with Crippen molar-refractivity contribution in [2.24, 2.45) is 0 Å². The first kappa shape index (κ1) is 14.5. The van der Waals surface area contributed by atoms with Gasteiger partial charge in [0, 0.05) is 12.7 Å². The van der Waals surface area contributed by atoms with Crippen molar-refractivity contribution in [1.29, 1.82) is 0 Å². The molecule has 0 saturated carbocycles. The van der Waals surface area contributed by atoms with E-state index in [9.17, 15) is 0 Å². The highest BCUT2D eigenvalue weighted by molar-refractivity contribution is 7.80. The molecule has 2 aromatic rings. The topological polar surface area (TPSA) is 37.0 Å². The summed E-state index contributed by atoms with van der Waals surface area (Å²) in [5.41, 5.74) is 3.72. The van der Waals surface area contributed by atoms with Gasteiger partial charge in [0.2, 0.25) is 0 Å². The zero-order valence-corrected chi connectivity index (χ0v) is 12.6. The van der Waals surface area contributed by atoms with Crippen LogP contribution in [0.3, 0.4) is 0 Å². The Morgan fingerprint density at radius 3 is 2.40 bits per heavy atom.